The molecule has 1 heterocycles. The zero-order chi connectivity index (χ0) is 12.5. The third-order valence-electron chi connectivity index (χ3n) is 2.97. The van der Waals surface area contributed by atoms with Gasteiger partial charge in [0, 0.05) is 12.1 Å². The van der Waals surface area contributed by atoms with Crippen molar-refractivity contribution in [3.8, 4) is 6.07 Å². The van der Waals surface area contributed by atoms with Crippen LogP contribution in [0.2, 0.25) is 0 Å². The van der Waals surface area contributed by atoms with E-state index in [1.807, 2.05) is 6.92 Å². The highest BCUT2D eigenvalue weighted by Crippen LogP contribution is 2.26. The Hall–Kier alpha value is -1.67. The lowest BCUT2D eigenvalue weighted by Crippen LogP contribution is -2.37. The number of nitriles is 1. The summed E-state index contributed by atoms with van der Waals surface area (Å²) in [5, 5.41) is 14.6. The van der Waals surface area contributed by atoms with Crippen molar-refractivity contribution in [2.45, 2.75) is 18.9 Å². The Morgan fingerprint density at radius 3 is 2.53 bits per heavy atom. The van der Waals surface area contributed by atoms with Gasteiger partial charge in [-0.3, -0.25) is 0 Å². The minimum Gasteiger partial charge on any atom is -0.374 e. The number of rotatable bonds is 2. The molecule has 0 saturated carbocycles. The second-order valence-corrected chi connectivity index (χ2v) is 4.54. The third-order valence-corrected chi connectivity index (χ3v) is 2.97. The third kappa shape index (κ3) is 2.37. The lowest BCUT2D eigenvalue weighted by Gasteiger charge is -2.26. The van der Waals surface area contributed by atoms with Gasteiger partial charge in [-0.15, -0.1) is 0 Å². The van der Waals surface area contributed by atoms with E-state index in [4.69, 9.17) is 5.26 Å². The van der Waals surface area contributed by atoms with Crippen molar-refractivity contribution in [2.24, 2.45) is 0 Å². The van der Waals surface area contributed by atoms with Gasteiger partial charge in [-0.25, -0.2) is 8.78 Å². The average Bonchev–Trinajstić information content (AvgIpc) is 2.70. The van der Waals surface area contributed by atoms with Crippen molar-refractivity contribution in [3.05, 3.63) is 29.3 Å². The molecular formula is C12H13F2N3. The molecule has 5 heteroatoms. The van der Waals surface area contributed by atoms with E-state index in [-0.39, 0.29) is 16.8 Å². The Labute approximate surface area is 98.4 Å². The highest BCUT2D eigenvalue weighted by molar-refractivity contribution is 5.52. The number of benzene rings is 1. The molecule has 0 aromatic heterocycles. The van der Waals surface area contributed by atoms with Gasteiger partial charge in [-0.1, -0.05) is 0 Å². The van der Waals surface area contributed by atoms with E-state index in [9.17, 15) is 8.78 Å². The fourth-order valence-electron chi connectivity index (χ4n) is 1.98. The fourth-order valence-corrected chi connectivity index (χ4v) is 1.98. The first-order valence-corrected chi connectivity index (χ1v) is 5.42. The normalized spacial score (nSPS) is 23.4. The molecular weight excluding hydrogens is 224 g/mol. The van der Waals surface area contributed by atoms with Gasteiger partial charge in [0.05, 0.1) is 11.6 Å². The summed E-state index contributed by atoms with van der Waals surface area (Å²) in [4.78, 5) is 0. The molecule has 90 valence electrons. The predicted molar refractivity (Wildman–Crippen MR) is 60.6 cm³/mol. The van der Waals surface area contributed by atoms with Crippen LogP contribution in [0.5, 0.6) is 0 Å². The number of nitrogens with zero attached hydrogens (tertiary/aromatic N) is 1. The maximum Gasteiger partial charge on any atom is 0.150 e. The molecule has 0 spiro atoms. The number of nitrogens with one attached hydrogen (secondary N) is 2. The monoisotopic (exact) mass is 237 g/mol. The zero-order valence-electron chi connectivity index (χ0n) is 9.48. The zero-order valence-corrected chi connectivity index (χ0v) is 9.48. The smallest absolute Gasteiger partial charge is 0.150 e. The van der Waals surface area contributed by atoms with Crippen LogP contribution < -0.4 is 10.6 Å². The highest BCUT2D eigenvalue weighted by atomic mass is 19.1. The lowest BCUT2D eigenvalue weighted by atomic mass is 10.0. The minimum absolute atomic E-state index is 0.0137. The summed E-state index contributed by atoms with van der Waals surface area (Å²) >= 11 is 0. The predicted octanol–water partition coefficient (Wildman–Crippen LogP) is 2.00. The quantitative estimate of drug-likeness (QED) is 0.827. The Bertz CT molecular complexity index is 450. The highest BCUT2D eigenvalue weighted by Gasteiger charge is 2.30. The van der Waals surface area contributed by atoms with Gasteiger partial charge in [0.15, 0.2) is 11.6 Å². The van der Waals surface area contributed by atoms with Gasteiger partial charge in [-0.2, -0.15) is 5.26 Å². The van der Waals surface area contributed by atoms with E-state index in [1.54, 1.807) is 6.07 Å². The van der Waals surface area contributed by atoms with Crippen LogP contribution in [0.1, 0.15) is 18.9 Å². The summed E-state index contributed by atoms with van der Waals surface area (Å²) < 4.78 is 27.3. The van der Waals surface area contributed by atoms with Crippen molar-refractivity contribution in [1.82, 2.24) is 5.32 Å². The summed E-state index contributed by atoms with van der Waals surface area (Å²) in [6.45, 7) is 3.39. The van der Waals surface area contributed by atoms with Crippen LogP contribution in [-0.2, 0) is 0 Å². The molecule has 1 aromatic carbocycles. The first-order chi connectivity index (χ1) is 8.04. The first-order valence-electron chi connectivity index (χ1n) is 5.42. The average molecular weight is 237 g/mol. The van der Waals surface area contributed by atoms with Crippen molar-refractivity contribution >= 4 is 5.69 Å². The van der Waals surface area contributed by atoms with Crippen LogP contribution in [-0.4, -0.2) is 18.6 Å². The van der Waals surface area contributed by atoms with E-state index in [0.29, 0.717) is 6.54 Å². The standard InChI is InChI=1S/C12H13F2N3/c1-12(2-3-16-7-12)17-11-9(13)4-8(6-15)5-10(11)14/h4-5,16-17H,2-3,7H2,1H3. The molecule has 0 amide bonds. The summed E-state index contributed by atoms with van der Waals surface area (Å²) in [7, 11) is 0. The van der Waals surface area contributed by atoms with Gasteiger partial charge >= 0.3 is 0 Å². The molecule has 1 aliphatic heterocycles. The van der Waals surface area contributed by atoms with Crippen molar-refractivity contribution < 1.29 is 8.78 Å². The van der Waals surface area contributed by atoms with Gasteiger partial charge in [0.25, 0.3) is 0 Å². The Morgan fingerprint density at radius 1 is 1.41 bits per heavy atom. The van der Waals surface area contributed by atoms with Crippen LogP contribution in [0, 0.1) is 23.0 Å². The number of hydrogen-bond donors (Lipinski definition) is 2. The van der Waals surface area contributed by atoms with Gasteiger partial charge in [0.2, 0.25) is 0 Å². The van der Waals surface area contributed by atoms with Crippen LogP contribution in [0.15, 0.2) is 12.1 Å². The summed E-state index contributed by atoms with van der Waals surface area (Å²) in [5.41, 5.74) is -0.522. The molecule has 1 aliphatic rings. The van der Waals surface area contributed by atoms with Crippen molar-refractivity contribution in [2.75, 3.05) is 18.4 Å². The number of anilines is 1. The van der Waals surface area contributed by atoms with Gasteiger partial charge < -0.3 is 10.6 Å². The SMILES string of the molecule is CC1(Nc2c(F)cc(C#N)cc2F)CCNC1. The molecule has 1 aromatic rings. The van der Waals surface area contributed by atoms with Crippen LogP contribution in [0.25, 0.3) is 0 Å². The van der Waals surface area contributed by atoms with Crippen molar-refractivity contribution in [3.63, 3.8) is 0 Å². The Kier molecular flexibility index (Phi) is 2.99. The summed E-state index contributed by atoms with van der Waals surface area (Å²) in [6.07, 6.45) is 0.798. The maximum atomic E-state index is 13.6. The molecule has 2 rings (SSSR count). The second-order valence-electron chi connectivity index (χ2n) is 4.54. The molecule has 0 bridgehead atoms. The summed E-state index contributed by atoms with van der Waals surface area (Å²) in [6, 6.07) is 3.80. The molecule has 1 unspecified atom stereocenters. The molecule has 3 nitrogen and oxygen atoms in total. The topological polar surface area (TPSA) is 47.9 Å². The Morgan fingerprint density at radius 2 is 2.06 bits per heavy atom. The van der Waals surface area contributed by atoms with E-state index in [0.717, 1.165) is 25.1 Å². The largest absolute Gasteiger partial charge is 0.374 e. The van der Waals surface area contributed by atoms with Crippen LogP contribution in [0.4, 0.5) is 14.5 Å². The van der Waals surface area contributed by atoms with Crippen LogP contribution >= 0.6 is 0 Å². The van der Waals surface area contributed by atoms with Gasteiger partial charge in [-0.05, 0) is 32.0 Å². The molecule has 1 atom stereocenters. The Balaban J connectivity index is 2.30. The minimum atomic E-state index is -0.727. The van der Waals surface area contributed by atoms with Crippen LogP contribution in [0.3, 0.4) is 0 Å². The van der Waals surface area contributed by atoms with E-state index >= 15 is 0 Å². The van der Waals surface area contributed by atoms with Gasteiger partial charge in [0.1, 0.15) is 5.69 Å². The number of hydrogen-bond acceptors (Lipinski definition) is 3. The van der Waals surface area contributed by atoms with E-state index < -0.39 is 11.6 Å². The van der Waals surface area contributed by atoms with E-state index in [1.165, 1.54) is 0 Å². The first kappa shape index (κ1) is 11.8. The molecule has 2 N–H and O–H groups in total. The fraction of sp³-hybridized carbons (Fsp3) is 0.417. The molecule has 1 fully saturated rings. The summed E-state index contributed by atoms with van der Waals surface area (Å²) in [5.74, 6) is -1.45. The number of halogens is 2. The van der Waals surface area contributed by atoms with E-state index in [2.05, 4.69) is 10.6 Å². The maximum absolute atomic E-state index is 13.6. The molecule has 17 heavy (non-hydrogen) atoms. The lowest BCUT2D eigenvalue weighted by molar-refractivity contribution is 0.534. The molecule has 0 aliphatic carbocycles. The molecule has 1 saturated heterocycles. The van der Waals surface area contributed by atoms with Crippen molar-refractivity contribution in [1.29, 1.82) is 5.26 Å². The molecule has 0 radical (unpaired) electrons. The second kappa shape index (κ2) is 4.30.